The van der Waals surface area contributed by atoms with E-state index in [1.165, 1.54) is 44.2 Å². The van der Waals surface area contributed by atoms with Gasteiger partial charge in [0.05, 0.1) is 11.7 Å². The monoisotopic (exact) mass is 512 g/mol. The van der Waals surface area contributed by atoms with Gasteiger partial charge in [0.1, 0.15) is 0 Å². The molecular formula is C28H43F3N2O3. The lowest BCUT2D eigenvalue weighted by atomic mass is 9.81. The fourth-order valence-corrected chi connectivity index (χ4v) is 5.91. The van der Waals surface area contributed by atoms with Gasteiger partial charge in [0, 0.05) is 45.8 Å². The second-order valence-electron chi connectivity index (χ2n) is 10.5. The number of amides is 1. The maximum atomic E-state index is 13.8. The number of likely N-dealkylation sites (tertiary alicyclic amines) is 1. The van der Waals surface area contributed by atoms with Gasteiger partial charge < -0.3 is 20.1 Å². The van der Waals surface area contributed by atoms with Gasteiger partial charge in [-0.2, -0.15) is 13.2 Å². The predicted molar refractivity (Wildman–Crippen MR) is 134 cm³/mol. The van der Waals surface area contributed by atoms with E-state index in [1.807, 2.05) is 4.90 Å². The molecule has 36 heavy (non-hydrogen) atoms. The minimum Gasteiger partial charge on any atom is -0.385 e. The first-order chi connectivity index (χ1) is 17.3. The van der Waals surface area contributed by atoms with Crippen LogP contribution >= 0.6 is 0 Å². The number of benzene rings is 1. The summed E-state index contributed by atoms with van der Waals surface area (Å²) in [5, 5.41) is 0. The number of halogens is 3. The van der Waals surface area contributed by atoms with Crippen LogP contribution in [-0.4, -0.2) is 50.8 Å². The number of piperidine rings is 1. The van der Waals surface area contributed by atoms with Crippen molar-refractivity contribution in [2.24, 2.45) is 23.5 Å². The predicted octanol–water partition coefficient (Wildman–Crippen LogP) is 5.97. The first-order valence-electron chi connectivity index (χ1n) is 13.6. The second-order valence-corrected chi connectivity index (χ2v) is 10.5. The van der Waals surface area contributed by atoms with Crippen molar-refractivity contribution < 1.29 is 27.4 Å². The Labute approximate surface area is 213 Å². The lowest BCUT2D eigenvalue weighted by Gasteiger charge is -2.38. The number of carbonyl (C=O) groups excluding carboxylic acids is 1. The molecular weight excluding hydrogens is 469 g/mol. The summed E-state index contributed by atoms with van der Waals surface area (Å²) >= 11 is 0. The van der Waals surface area contributed by atoms with Crippen LogP contribution in [0.5, 0.6) is 0 Å². The Hall–Kier alpha value is -1.64. The molecule has 5 nitrogen and oxygen atoms in total. The van der Waals surface area contributed by atoms with Gasteiger partial charge in [-0.1, -0.05) is 50.3 Å². The molecule has 0 unspecified atom stereocenters. The van der Waals surface area contributed by atoms with Crippen molar-refractivity contribution in [1.29, 1.82) is 0 Å². The second kappa shape index (κ2) is 14.3. The Morgan fingerprint density at radius 2 is 1.86 bits per heavy atom. The summed E-state index contributed by atoms with van der Waals surface area (Å²) in [5.74, 6) is 0.669. The van der Waals surface area contributed by atoms with E-state index in [0.717, 1.165) is 18.9 Å². The SMILES string of the molecule is COCCCO[C@@H](c1ccccc1C(F)(F)F)[C@@H]1CCCN(C(=O)C[C@H](CN)CC2CCCCC2)C1. The van der Waals surface area contributed by atoms with Crippen molar-refractivity contribution in [1.82, 2.24) is 4.90 Å². The van der Waals surface area contributed by atoms with Crippen molar-refractivity contribution in [2.45, 2.75) is 76.5 Å². The molecule has 0 radical (unpaired) electrons. The topological polar surface area (TPSA) is 64.8 Å². The fourth-order valence-electron chi connectivity index (χ4n) is 5.91. The highest BCUT2D eigenvalue weighted by Gasteiger charge is 2.39. The minimum atomic E-state index is -4.47. The Kier molecular flexibility index (Phi) is 11.5. The summed E-state index contributed by atoms with van der Waals surface area (Å²) in [5.41, 5.74) is 5.53. The summed E-state index contributed by atoms with van der Waals surface area (Å²) in [6.45, 7) is 2.30. The summed E-state index contributed by atoms with van der Waals surface area (Å²) in [6.07, 6.45) is 4.51. The smallest absolute Gasteiger partial charge is 0.385 e. The van der Waals surface area contributed by atoms with E-state index in [0.29, 0.717) is 58.0 Å². The first-order valence-corrected chi connectivity index (χ1v) is 13.6. The molecule has 204 valence electrons. The Bertz CT molecular complexity index is 798. The van der Waals surface area contributed by atoms with E-state index in [4.69, 9.17) is 15.2 Å². The van der Waals surface area contributed by atoms with Crippen molar-refractivity contribution in [3.63, 3.8) is 0 Å². The lowest BCUT2D eigenvalue weighted by molar-refractivity contribution is -0.142. The highest BCUT2D eigenvalue weighted by atomic mass is 19.4. The summed E-state index contributed by atoms with van der Waals surface area (Å²) in [7, 11) is 1.59. The van der Waals surface area contributed by atoms with Gasteiger partial charge >= 0.3 is 6.18 Å². The molecule has 0 bridgehead atoms. The molecule has 2 fully saturated rings. The molecule has 1 aliphatic heterocycles. The molecule has 1 heterocycles. The molecule has 1 aromatic carbocycles. The van der Waals surface area contributed by atoms with Gasteiger partial charge in [-0.15, -0.1) is 0 Å². The Balaban J connectivity index is 1.70. The molecule has 1 saturated carbocycles. The van der Waals surface area contributed by atoms with Gasteiger partial charge in [0.15, 0.2) is 0 Å². The van der Waals surface area contributed by atoms with E-state index in [-0.39, 0.29) is 23.3 Å². The molecule has 1 aliphatic carbocycles. The zero-order valence-electron chi connectivity index (χ0n) is 21.6. The number of alkyl halides is 3. The van der Waals surface area contributed by atoms with Gasteiger partial charge in [-0.3, -0.25) is 4.79 Å². The third-order valence-corrected chi connectivity index (χ3v) is 7.79. The van der Waals surface area contributed by atoms with E-state index >= 15 is 0 Å². The summed E-state index contributed by atoms with van der Waals surface area (Å²) in [4.78, 5) is 15.1. The van der Waals surface area contributed by atoms with Gasteiger partial charge in [-0.05, 0) is 55.7 Å². The van der Waals surface area contributed by atoms with Crippen LogP contribution in [0.4, 0.5) is 13.2 Å². The first kappa shape index (κ1) is 28.9. The normalized spacial score (nSPS) is 21.4. The molecule has 0 aromatic heterocycles. The molecule has 3 atom stereocenters. The van der Waals surface area contributed by atoms with Gasteiger partial charge in [-0.25, -0.2) is 0 Å². The summed E-state index contributed by atoms with van der Waals surface area (Å²) < 4.78 is 52.7. The van der Waals surface area contributed by atoms with Crippen LogP contribution in [0.1, 0.15) is 81.4 Å². The lowest BCUT2D eigenvalue weighted by Crippen LogP contribution is -2.43. The average Bonchev–Trinajstić information content (AvgIpc) is 2.88. The number of methoxy groups -OCH3 is 1. The van der Waals surface area contributed by atoms with Crippen LogP contribution in [0.2, 0.25) is 0 Å². The minimum absolute atomic E-state index is 0.0631. The van der Waals surface area contributed by atoms with Crippen LogP contribution in [0.3, 0.4) is 0 Å². The van der Waals surface area contributed by atoms with E-state index in [9.17, 15) is 18.0 Å². The zero-order chi connectivity index (χ0) is 26.0. The van der Waals surface area contributed by atoms with Gasteiger partial charge in [0.2, 0.25) is 5.91 Å². The molecule has 1 amide bonds. The standard InChI is InChI=1S/C28H43F3N2O3/c1-35-15-8-16-36-27(24-12-5-6-13-25(24)28(29,30)31)23-11-7-14-33(20-23)26(34)18-22(19-32)17-21-9-3-2-4-10-21/h5-6,12-13,21-23,27H,2-4,7-11,14-20,32H2,1H3/t22-,23-,27-/m1/s1. The highest BCUT2D eigenvalue weighted by molar-refractivity contribution is 5.76. The van der Waals surface area contributed by atoms with Crippen molar-refractivity contribution in [3.8, 4) is 0 Å². The fraction of sp³-hybridized carbons (Fsp3) is 0.750. The molecule has 2 N–H and O–H groups in total. The van der Waals surface area contributed by atoms with Crippen LogP contribution in [0.15, 0.2) is 24.3 Å². The number of ether oxygens (including phenoxy) is 2. The molecule has 8 heteroatoms. The molecule has 3 rings (SSSR count). The van der Waals surface area contributed by atoms with Crippen LogP contribution < -0.4 is 5.73 Å². The van der Waals surface area contributed by atoms with Gasteiger partial charge in [0.25, 0.3) is 0 Å². The molecule has 1 saturated heterocycles. The third-order valence-electron chi connectivity index (χ3n) is 7.79. The van der Waals surface area contributed by atoms with E-state index < -0.39 is 17.8 Å². The van der Waals surface area contributed by atoms with Crippen molar-refractivity contribution in [2.75, 3.05) is 40.0 Å². The maximum absolute atomic E-state index is 13.8. The highest BCUT2D eigenvalue weighted by Crippen LogP contribution is 2.41. The number of hydrogen-bond donors (Lipinski definition) is 1. The number of carbonyl (C=O) groups is 1. The molecule has 2 aliphatic rings. The molecule has 0 spiro atoms. The number of nitrogens with two attached hydrogens (primary N) is 1. The maximum Gasteiger partial charge on any atom is 0.416 e. The third kappa shape index (κ3) is 8.45. The summed E-state index contributed by atoms with van der Waals surface area (Å²) in [6, 6.07) is 5.66. The Morgan fingerprint density at radius 1 is 1.11 bits per heavy atom. The number of nitrogens with zero attached hydrogens (tertiary/aromatic N) is 1. The zero-order valence-corrected chi connectivity index (χ0v) is 21.6. The quantitative estimate of drug-likeness (QED) is 0.350. The number of hydrogen-bond acceptors (Lipinski definition) is 4. The average molecular weight is 513 g/mol. The van der Waals surface area contributed by atoms with Crippen LogP contribution in [-0.2, 0) is 20.4 Å². The largest absolute Gasteiger partial charge is 0.416 e. The van der Waals surface area contributed by atoms with Crippen LogP contribution in [0.25, 0.3) is 0 Å². The van der Waals surface area contributed by atoms with Crippen molar-refractivity contribution in [3.05, 3.63) is 35.4 Å². The van der Waals surface area contributed by atoms with Crippen molar-refractivity contribution >= 4 is 5.91 Å². The van der Waals surface area contributed by atoms with E-state index in [1.54, 1.807) is 13.2 Å². The molecule has 1 aromatic rings. The van der Waals surface area contributed by atoms with Crippen LogP contribution in [0, 0.1) is 17.8 Å². The number of rotatable bonds is 12. The van der Waals surface area contributed by atoms with E-state index in [2.05, 4.69) is 0 Å². The Morgan fingerprint density at radius 3 is 2.56 bits per heavy atom.